The van der Waals surface area contributed by atoms with Crippen LogP contribution in [0.5, 0.6) is 17.2 Å². The molecule has 246 valence electrons. The average Bonchev–Trinajstić information content (AvgIpc) is 3.08. The lowest BCUT2D eigenvalue weighted by atomic mass is 9.69. The second kappa shape index (κ2) is 15.6. The van der Waals surface area contributed by atoms with Crippen LogP contribution in [0, 0.1) is 37.5 Å². The van der Waals surface area contributed by atoms with E-state index < -0.39 is 5.97 Å². The molecule has 2 saturated carbocycles. The number of rotatable bonds is 11. The number of hydrogen-bond acceptors (Lipinski definition) is 6. The molecule has 1 aromatic heterocycles. The van der Waals surface area contributed by atoms with Crippen molar-refractivity contribution in [3.05, 3.63) is 77.6 Å². The zero-order valence-electron chi connectivity index (χ0n) is 28.3. The molecule has 0 spiro atoms. The molecule has 0 amide bonds. The number of aromatic nitrogens is 1. The van der Waals surface area contributed by atoms with Crippen LogP contribution < -0.4 is 23.7 Å². The fourth-order valence-electron chi connectivity index (χ4n) is 7.09. The quantitative estimate of drug-likeness (QED) is 0.122. The number of carbonyl (C=O) groups is 2. The highest BCUT2D eigenvalue weighted by molar-refractivity contribution is 5.91. The molecule has 0 bridgehead atoms. The Balaban J connectivity index is 1.08. The van der Waals surface area contributed by atoms with Gasteiger partial charge in [-0.3, -0.25) is 4.79 Å². The van der Waals surface area contributed by atoms with Crippen LogP contribution in [0.2, 0.25) is 0 Å². The van der Waals surface area contributed by atoms with Gasteiger partial charge in [-0.15, -0.1) is 0 Å². The summed E-state index contributed by atoms with van der Waals surface area (Å²) in [5, 5.41) is 0. The van der Waals surface area contributed by atoms with Crippen LogP contribution in [0.15, 0.2) is 60.9 Å². The summed E-state index contributed by atoms with van der Waals surface area (Å²) < 4.78 is 19.6. The molecule has 46 heavy (non-hydrogen) atoms. The molecule has 0 aliphatic heterocycles. The minimum atomic E-state index is -0.449. The van der Waals surface area contributed by atoms with E-state index in [-0.39, 0.29) is 11.9 Å². The van der Waals surface area contributed by atoms with Gasteiger partial charge in [0.2, 0.25) is 0 Å². The molecule has 0 atom stereocenters. The lowest BCUT2D eigenvalue weighted by molar-refractivity contribution is -0.697. The van der Waals surface area contributed by atoms with Gasteiger partial charge in [0.25, 0.3) is 0 Å². The number of ether oxygens (including phenoxy) is 3. The highest BCUT2D eigenvalue weighted by Gasteiger charge is 2.33. The van der Waals surface area contributed by atoms with Crippen molar-refractivity contribution in [2.45, 2.75) is 85.1 Å². The topological polar surface area (TPSA) is 68.9 Å². The predicted molar refractivity (Wildman–Crippen MR) is 181 cm³/mol. The Morgan fingerprint density at radius 1 is 0.761 bits per heavy atom. The van der Waals surface area contributed by atoms with Gasteiger partial charge in [-0.2, -0.15) is 0 Å². The molecule has 2 aliphatic carbocycles. The van der Waals surface area contributed by atoms with Crippen molar-refractivity contribution < 1.29 is 28.4 Å². The Bertz CT molecular complexity index is 1450. The molecule has 0 saturated heterocycles. The van der Waals surface area contributed by atoms with Gasteiger partial charge in [0.15, 0.2) is 18.9 Å². The van der Waals surface area contributed by atoms with Crippen molar-refractivity contribution in [3.63, 3.8) is 0 Å². The second-order valence-electron chi connectivity index (χ2n) is 13.5. The molecule has 0 unspecified atom stereocenters. The fraction of sp³-hybridized carbons (Fsp3) is 0.513. The van der Waals surface area contributed by atoms with Crippen LogP contribution >= 0.6 is 0 Å². The van der Waals surface area contributed by atoms with Crippen LogP contribution in [0.25, 0.3) is 0 Å². The molecule has 1 heterocycles. The first-order valence-electron chi connectivity index (χ1n) is 17.1. The van der Waals surface area contributed by atoms with E-state index in [1.54, 1.807) is 36.4 Å². The van der Waals surface area contributed by atoms with E-state index in [1.165, 1.54) is 32.1 Å². The van der Waals surface area contributed by atoms with Gasteiger partial charge in [-0.25, -0.2) is 9.36 Å². The van der Waals surface area contributed by atoms with Gasteiger partial charge in [-0.05, 0) is 118 Å². The largest absolute Gasteiger partial charge is 0.487 e. The number of benzene rings is 2. The minimum absolute atomic E-state index is 0.0409. The smallest absolute Gasteiger partial charge is 0.343 e. The Hall–Kier alpha value is -3.87. The summed E-state index contributed by atoms with van der Waals surface area (Å²) in [5.74, 6) is 3.58. The fourth-order valence-corrected chi connectivity index (χ4v) is 7.09. The van der Waals surface area contributed by atoms with Crippen molar-refractivity contribution in [1.29, 1.82) is 0 Å². The van der Waals surface area contributed by atoms with Crippen LogP contribution in [0.1, 0.15) is 86.2 Å². The summed E-state index contributed by atoms with van der Waals surface area (Å²) in [5.41, 5.74) is 3.16. The van der Waals surface area contributed by atoms with E-state index in [2.05, 4.69) is 28.5 Å². The van der Waals surface area contributed by atoms with E-state index in [0.717, 1.165) is 60.3 Å². The van der Waals surface area contributed by atoms with Crippen LogP contribution in [0.3, 0.4) is 0 Å². The lowest BCUT2D eigenvalue weighted by Crippen LogP contribution is -2.35. The Labute approximate surface area is 274 Å². The maximum Gasteiger partial charge on any atom is 0.343 e. The first-order valence-corrected chi connectivity index (χ1v) is 17.1. The zero-order valence-corrected chi connectivity index (χ0v) is 28.3. The maximum absolute atomic E-state index is 13.1. The third kappa shape index (κ3) is 8.48. The molecule has 2 aliphatic rings. The Kier molecular flexibility index (Phi) is 11.4. The van der Waals surface area contributed by atoms with Gasteiger partial charge >= 0.3 is 11.9 Å². The number of esters is 2. The van der Waals surface area contributed by atoms with Gasteiger partial charge < -0.3 is 19.1 Å². The monoisotopic (exact) mass is 627 g/mol. The van der Waals surface area contributed by atoms with Crippen LogP contribution in [-0.2, 0) is 11.3 Å². The summed E-state index contributed by atoms with van der Waals surface area (Å²) in [6.45, 7) is 7.32. The second-order valence-corrected chi connectivity index (χ2v) is 13.5. The van der Waals surface area contributed by atoms with E-state index in [0.29, 0.717) is 36.0 Å². The highest BCUT2D eigenvalue weighted by atomic mass is 16.5. The highest BCUT2D eigenvalue weighted by Crippen LogP contribution is 2.42. The van der Waals surface area contributed by atoms with Crippen LogP contribution in [0.4, 0.5) is 5.69 Å². The molecule has 7 heteroatoms. The summed E-state index contributed by atoms with van der Waals surface area (Å²) in [6.07, 6.45) is 14.9. The predicted octanol–water partition coefficient (Wildman–Crippen LogP) is 7.88. The molecule has 2 aromatic carbocycles. The minimum Gasteiger partial charge on any atom is -0.487 e. The van der Waals surface area contributed by atoms with Gasteiger partial charge in [-0.1, -0.05) is 26.2 Å². The number of pyridine rings is 1. The number of nitrogens with zero attached hydrogens (tertiary/aromatic N) is 2. The SMILES string of the molecule is CCC1CCC(C2CCC(C(=O)Oc3ccc(OC(=O)c4ccc(OCC[n+]5ccc(N(C)C)cc5)cc4)c(C)c3C)CC2)CC1. The van der Waals surface area contributed by atoms with Crippen molar-refractivity contribution >= 4 is 17.6 Å². The standard InChI is InChI=1S/C39H51N2O5/c1-6-29-7-9-30(10-8-29)31-11-13-32(14-12-31)38(42)45-36-19-20-37(28(3)27(36)2)46-39(43)33-15-17-35(18-16-33)44-26-25-41-23-21-34(22-24-41)40(4)5/h15-24,29-32H,6-14,25-26H2,1-5H3/q+1. The number of hydrogen-bond donors (Lipinski definition) is 0. The normalized spacial score (nSPS) is 21.3. The molecule has 7 nitrogen and oxygen atoms in total. The maximum atomic E-state index is 13.1. The van der Waals surface area contributed by atoms with E-state index in [1.807, 2.05) is 40.3 Å². The third-order valence-electron chi connectivity index (χ3n) is 10.4. The summed E-state index contributed by atoms with van der Waals surface area (Å²) in [7, 11) is 4.03. The third-order valence-corrected chi connectivity index (χ3v) is 10.4. The van der Waals surface area contributed by atoms with Gasteiger partial charge in [0.05, 0.1) is 11.5 Å². The Morgan fingerprint density at radius 3 is 1.89 bits per heavy atom. The molecule has 2 fully saturated rings. The first kappa shape index (κ1) is 33.5. The van der Waals surface area contributed by atoms with Crippen molar-refractivity contribution in [2.75, 3.05) is 25.6 Å². The van der Waals surface area contributed by atoms with E-state index >= 15 is 0 Å². The van der Waals surface area contributed by atoms with Crippen molar-refractivity contribution in [3.8, 4) is 17.2 Å². The zero-order chi connectivity index (χ0) is 32.6. The van der Waals surface area contributed by atoms with E-state index in [4.69, 9.17) is 14.2 Å². The lowest BCUT2D eigenvalue weighted by Gasteiger charge is -2.37. The molecule has 5 rings (SSSR count). The van der Waals surface area contributed by atoms with Gasteiger partial charge in [0, 0.05) is 31.9 Å². The molecular weight excluding hydrogens is 576 g/mol. The summed E-state index contributed by atoms with van der Waals surface area (Å²) >= 11 is 0. The average molecular weight is 628 g/mol. The number of carbonyl (C=O) groups excluding carboxylic acids is 2. The molecule has 0 radical (unpaired) electrons. The van der Waals surface area contributed by atoms with E-state index in [9.17, 15) is 9.59 Å². The summed E-state index contributed by atoms with van der Waals surface area (Å²) in [6, 6.07) is 14.6. The Morgan fingerprint density at radius 2 is 1.33 bits per heavy atom. The van der Waals surface area contributed by atoms with Gasteiger partial charge in [0.1, 0.15) is 23.9 Å². The van der Waals surface area contributed by atoms with Crippen molar-refractivity contribution in [2.24, 2.45) is 23.7 Å². The first-order chi connectivity index (χ1) is 22.2. The molecule has 3 aromatic rings. The molecular formula is C39H51N2O5+. The summed E-state index contributed by atoms with van der Waals surface area (Å²) in [4.78, 5) is 28.1. The number of anilines is 1. The van der Waals surface area contributed by atoms with Crippen molar-refractivity contribution in [1.82, 2.24) is 0 Å². The molecule has 0 N–H and O–H groups in total. The van der Waals surface area contributed by atoms with Crippen LogP contribution in [-0.4, -0.2) is 32.6 Å².